The molecule has 0 radical (unpaired) electrons. The minimum absolute atomic E-state index is 0.243. The molecule has 4 rings (SSSR count). The third kappa shape index (κ3) is 1.83. The largest absolute Gasteiger partial charge is 0.347 e. The van der Waals surface area contributed by atoms with E-state index in [-0.39, 0.29) is 5.69 Å². The van der Waals surface area contributed by atoms with Crippen molar-refractivity contribution in [3.8, 4) is 0 Å². The van der Waals surface area contributed by atoms with Crippen molar-refractivity contribution in [1.29, 1.82) is 0 Å². The molecule has 22 heavy (non-hydrogen) atoms. The summed E-state index contributed by atoms with van der Waals surface area (Å²) < 4.78 is 1.54. The van der Waals surface area contributed by atoms with Crippen LogP contribution in [0.25, 0.3) is 33.3 Å². The molecular formula is C17H14N4O. The van der Waals surface area contributed by atoms with E-state index >= 15 is 0 Å². The topological polar surface area (TPSA) is 76.2 Å². The van der Waals surface area contributed by atoms with Gasteiger partial charge >= 0.3 is 5.69 Å². The SMILES string of the molecule is NCC=Cc1cn2c(=O)[nH]nc2c2cc3ccccc3cc12. The van der Waals surface area contributed by atoms with Crippen LogP contribution in [0, 0.1) is 0 Å². The molecule has 2 heterocycles. The highest BCUT2D eigenvalue weighted by Crippen LogP contribution is 2.28. The van der Waals surface area contributed by atoms with Gasteiger partial charge < -0.3 is 5.73 Å². The first-order valence-corrected chi connectivity index (χ1v) is 7.07. The first-order valence-electron chi connectivity index (χ1n) is 7.07. The highest BCUT2D eigenvalue weighted by molar-refractivity contribution is 6.06. The summed E-state index contributed by atoms with van der Waals surface area (Å²) in [5, 5.41) is 10.9. The van der Waals surface area contributed by atoms with Crippen molar-refractivity contribution in [2.45, 2.75) is 0 Å². The van der Waals surface area contributed by atoms with Crippen molar-refractivity contribution in [2.75, 3.05) is 6.54 Å². The van der Waals surface area contributed by atoms with Crippen LogP contribution in [0.4, 0.5) is 0 Å². The van der Waals surface area contributed by atoms with Crippen LogP contribution in [0.5, 0.6) is 0 Å². The standard InChI is InChI=1S/C17H14N4O/c18-7-3-6-13-10-21-16(19-20-17(21)22)15-9-12-5-2-1-4-11(12)8-14(13)15/h1-6,8-10H,7,18H2,(H,20,22). The van der Waals surface area contributed by atoms with E-state index in [0.717, 1.165) is 27.1 Å². The van der Waals surface area contributed by atoms with Gasteiger partial charge in [0.25, 0.3) is 0 Å². The fraction of sp³-hybridized carbons (Fsp3) is 0.0588. The lowest BCUT2D eigenvalue weighted by atomic mass is 10.0. The molecule has 0 aliphatic heterocycles. The zero-order chi connectivity index (χ0) is 15.1. The second-order valence-electron chi connectivity index (χ2n) is 5.19. The van der Waals surface area contributed by atoms with Gasteiger partial charge in [-0.05, 0) is 33.9 Å². The molecule has 0 saturated heterocycles. The number of fused-ring (bicyclic) bond motifs is 4. The number of aromatic nitrogens is 3. The summed E-state index contributed by atoms with van der Waals surface area (Å²) in [5.74, 6) is 0. The van der Waals surface area contributed by atoms with Gasteiger partial charge in [-0.15, -0.1) is 0 Å². The maximum Gasteiger partial charge on any atom is 0.347 e. The number of pyridine rings is 1. The minimum atomic E-state index is -0.243. The van der Waals surface area contributed by atoms with Gasteiger partial charge in [0.1, 0.15) is 0 Å². The Balaban J connectivity index is 2.22. The van der Waals surface area contributed by atoms with E-state index in [4.69, 9.17) is 5.73 Å². The third-order valence-electron chi connectivity index (χ3n) is 3.84. The molecule has 0 amide bonds. The summed E-state index contributed by atoms with van der Waals surface area (Å²) in [6, 6.07) is 12.3. The fourth-order valence-corrected chi connectivity index (χ4v) is 2.82. The lowest BCUT2D eigenvalue weighted by Crippen LogP contribution is -2.09. The number of hydrogen-bond acceptors (Lipinski definition) is 3. The normalized spacial score (nSPS) is 12.0. The molecule has 108 valence electrons. The van der Waals surface area contributed by atoms with Crippen LogP contribution >= 0.6 is 0 Å². The van der Waals surface area contributed by atoms with Crippen molar-refractivity contribution < 1.29 is 0 Å². The first-order chi connectivity index (χ1) is 10.8. The molecule has 5 heteroatoms. The first kappa shape index (κ1) is 12.8. The maximum absolute atomic E-state index is 11.9. The smallest absolute Gasteiger partial charge is 0.327 e. The number of H-pyrrole nitrogens is 1. The molecule has 2 aromatic heterocycles. The number of aromatic amines is 1. The molecule has 2 aromatic carbocycles. The molecule has 0 unspecified atom stereocenters. The predicted molar refractivity (Wildman–Crippen MR) is 88.9 cm³/mol. The lowest BCUT2D eigenvalue weighted by Gasteiger charge is -2.07. The number of nitrogens with zero attached hydrogens (tertiary/aromatic N) is 2. The fourth-order valence-electron chi connectivity index (χ4n) is 2.82. The van der Waals surface area contributed by atoms with Gasteiger partial charge in [-0.3, -0.25) is 0 Å². The van der Waals surface area contributed by atoms with Gasteiger partial charge in [-0.2, -0.15) is 5.10 Å². The predicted octanol–water partition coefficient (Wildman–Crippen LogP) is 2.30. The second kappa shape index (κ2) is 4.82. The summed E-state index contributed by atoms with van der Waals surface area (Å²) in [6.45, 7) is 0.452. The minimum Gasteiger partial charge on any atom is -0.327 e. The maximum atomic E-state index is 11.9. The Morgan fingerprint density at radius 3 is 2.64 bits per heavy atom. The monoisotopic (exact) mass is 290 g/mol. The third-order valence-corrected chi connectivity index (χ3v) is 3.84. The van der Waals surface area contributed by atoms with Crippen LogP contribution < -0.4 is 11.4 Å². The van der Waals surface area contributed by atoms with E-state index in [2.05, 4.69) is 34.5 Å². The van der Waals surface area contributed by atoms with Gasteiger partial charge in [0.05, 0.1) is 0 Å². The van der Waals surface area contributed by atoms with Gasteiger partial charge in [-0.1, -0.05) is 36.4 Å². The van der Waals surface area contributed by atoms with E-state index in [1.165, 1.54) is 4.40 Å². The Bertz CT molecular complexity index is 1090. The molecule has 4 aromatic rings. The molecule has 0 fully saturated rings. The van der Waals surface area contributed by atoms with Crippen molar-refractivity contribution >= 4 is 33.3 Å². The zero-order valence-electron chi connectivity index (χ0n) is 11.8. The Morgan fingerprint density at radius 1 is 1.18 bits per heavy atom. The molecule has 0 bridgehead atoms. The van der Waals surface area contributed by atoms with Crippen LogP contribution in [-0.4, -0.2) is 21.1 Å². The number of nitrogens with two attached hydrogens (primary N) is 1. The molecule has 0 atom stereocenters. The van der Waals surface area contributed by atoms with Gasteiger partial charge in [0.2, 0.25) is 0 Å². The molecular weight excluding hydrogens is 276 g/mol. The Morgan fingerprint density at radius 2 is 1.91 bits per heavy atom. The summed E-state index contributed by atoms with van der Waals surface area (Å²) in [5.41, 5.74) is 6.90. The van der Waals surface area contributed by atoms with E-state index in [1.54, 1.807) is 6.20 Å². The van der Waals surface area contributed by atoms with Gasteiger partial charge in [0.15, 0.2) is 5.65 Å². The number of nitrogens with one attached hydrogen (secondary N) is 1. The summed E-state index contributed by atoms with van der Waals surface area (Å²) >= 11 is 0. The molecule has 0 saturated carbocycles. The Kier molecular flexibility index (Phi) is 2.80. The molecule has 3 N–H and O–H groups in total. The van der Waals surface area contributed by atoms with Crippen LogP contribution in [0.15, 0.2) is 53.5 Å². The Hall–Kier alpha value is -2.92. The van der Waals surface area contributed by atoms with Crippen molar-refractivity contribution in [2.24, 2.45) is 5.73 Å². The lowest BCUT2D eigenvalue weighted by molar-refractivity contribution is 1.02. The van der Waals surface area contributed by atoms with Crippen molar-refractivity contribution in [1.82, 2.24) is 14.6 Å². The van der Waals surface area contributed by atoms with E-state index < -0.39 is 0 Å². The number of benzene rings is 2. The number of rotatable bonds is 2. The average Bonchev–Trinajstić information content (AvgIpc) is 2.92. The quantitative estimate of drug-likeness (QED) is 0.556. The van der Waals surface area contributed by atoms with Crippen LogP contribution in [0.1, 0.15) is 5.56 Å². The van der Waals surface area contributed by atoms with Crippen molar-refractivity contribution in [3.63, 3.8) is 0 Å². The number of hydrogen-bond donors (Lipinski definition) is 2. The van der Waals surface area contributed by atoms with Gasteiger partial charge in [-0.25, -0.2) is 14.3 Å². The van der Waals surface area contributed by atoms with E-state index in [0.29, 0.717) is 12.2 Å². The second-order valence-corrected chi connectivity index (χ2v) is 5.19. The summed E-state index contributed by atoms with van der Waals surface area (Å²) in [4.78, 5) is 11.9. The van der Waals surface area contributed by atoms with Crippen LogP contribution in [0.3, 0.4) is 0 Å². The average molecular weight is 290 g/mol. The molecule has 5 nitrogen and oxygen atoms in total. The Labute approximate surface area is 125 Å². The van der Waals surface area contributed by atoms with E-state index in [1.807, 2.05) is 24.3 Å². The molecule has 0 aliphatic rings. The van der Waals surface area contributed by atoms with Crippen LogP contribution in [-0.2, 0) is 0 Å². The highest BCUT2D eigenvalue weighted by atomic mass is 16.1. The summed E-state index contributed by atoms with van der Waals surface area (Å²) in [6.07, 6.45) is 5.61. The zero-order valence-corrected chi connectivity index (χ0v) is 11.8. The highest BCUT2D eigenvalue weighted by Gasteiger charge is 2.10. The molecule has 0 aliphatic carbocycles. The summed E-state index contributed by atoms with van der Waals surface area (Å²) in [7, 11) is 0. The van der Waals surface area contributed by atoms with Crippen LogP contribution in [0.2, 0.25) is 0 Å². The van der Waals surface area contributed by atoms with E-state index in [9.17, 15) is 4.79 Å². The molecule has 0 spiro atoms. The van der Waals surface area contributed by atoms with Crippen molar-refractivity contribution in [3.05, 3.63) is 64.7 Å². The van der Waals surface area contributed by atoms with Gasteiger partial charge in [0, 0.05) is 18.1 Å².